The lowest BCUT2D eigenvalue weighted by Crippen LogP contribution is -2.35. The van der Waals surface area contributed by atoms with E-state index in [0.29, 0.717) is 6.54 Å². The van der Waals surface area contributed by atoms with Gasteiger partial charge in [-0.15, -0.1) is 0 Å². The van der Waals surface area contributed by atoms with E-state index in [0.717, 1.165) is 25.9 Å². The zero-order valence-corrected chi connectivity index (χ0v) is 11.8. The molecule has 1 atom stereocenters. The number of carbonyl (C=O) groups is 1. The molecule has 4 nitrogen and oxygen atoms in total. The van der Waals surface area contributed by atoms with Gasteiger partial charge in [-0.25, -0.2) is 4.39 Å². The van der Waals surface area contributed by atoms with Gasteiger partial charge in [-0.1, -0.05) is 11.8 Å². The van der Waals surface area contributed by atoms with Gasteiger partial charge in [-0.2, -0.15) is 0 Å². The SMILES string of the molecule is NCC#Cc1ccc(C(=O)NCC2CCCCO2)cc1F. The van der Waals surface area contributed by atoms with Crippen molar-refractivity contribution in [3.8, 4) is 11.8 Å². The maximum Gasteiger partial charge on any atom is 0.251 e. The van der Waals surface area contributed by atoms with Gasteiger partial charge in [0, 0.05) is 18.7 Å². The molecular formula is C16H19FN2O2. The molecule has 1 amide bonds. The number of ether oxygens (including phenoxy) is 1. The van der Waals surface area contributed by atoms with Crippen LogP contribution in [0.2, 0.25) is 0 Å². The molecule has 1 unspecified atom stereocenters. The topological polar surface area (TPSA) is 64.4 Å². The molecule has 1 aromatic rings. The smallest absolute Gasteiger partial charge is 0.251 e. The van der Waals surface area contributed by atoms with E-state index < -0.39 is 5.82 Å². The number of hydrogen-bond acceptors (Lipinski definition) is 3. The highest BCUT2D eigenvalue weighted by molar-refractivity contribution is 5.94. The van der Waals surface area contributed by atoms with Crippen molar-refractivity contribution in [1.29, 1.82) is 0 Å². The zero-order chi connectivity index (χ0) is 15.1. The lowest BCUT2D eigenvalue weighted by molar-refractivity contribution is 0.0169. The predicted octanol–water partition coefficient (Wildman–Crippen LogP) is 1.43. The fraction of sp³-hybridized carbons (Fsp3) is 0.438. The summed E-state index contributed by atoms with van der Waals surface area (Å²) in [5.41, 5.74) is 5.77. The fourth-order valence-electron chi connectivity index (χ4n) is 2.18. The van der Waals surface area contributed by atoms with Crippen LogP contribution < -0.4 is 11.1 Å². The molecule has 3 N–H and O–H groups in total. The second-order valence-corrected chi connectivity index (χ2v) is 4.90. The normalized spacial score (nSPS) is 17.7. The van der Waals surface area contributed by atoms with Gasteiger partial charge in [0.1, 0.15) is 5.82 Å². The molecule has 1 aliphatic heterocycles. The molecule has 0 spiro atoms. The highest BCUT2D eigenvalue weighted by Crippen LogP contribution is 2.13. The Balaban J connectivity index is 1.94. The van der Waals surface area contributed by atoms with Crippen molar-refractivity contribution in [3.05, 3.63) is 35.1 Å². The van der Waals surface area contributed by atoms with Gasteiger partial charge in [-0.3, -0.25) is 4.79 Å². The molecule has 0 aliphatic carbocycles. The second-order valence-electron chi connectivity index (χ2n) is 4.90. The van der Waals surface area contributed by atoms with E-state index in [2.05, 4.69) is 17.2 Å². The number of nitrogens with one attached hydrogen (secondary N) is 1. The molecule has 1 aliphatic rings. The van der Waals surface area contributed by atoms with Crippen molar-refractivity contribution in [1.82, 2.24) is 5.32 Å². The molecule has 1 saturated heterocycles. The van der Waals surface area contributed by atoms with E-state index in [1.165, 1.54) is 12.1 Å². The van der Waals surface area contributed by atoms with Crippen molar-refractivity contribution >= 4 is 5.91 Å². The fourth-order valence-corrected chi connectivity index (χ4v) is 2.18. The third-order valence-corrected chi connectivity index (χ3v) is 3.32. The number of halogens is 1. The Morgan fingerprint density at radius 1 is 1.48 bits per heavy atom. The summed E-state index contributed by atoms with van der Waals surface area (Å²) in [6, 6.07) is 4.24. The maximum absolute atomic E-state index is 13.8. The van der Waals surface area contributed by atoms with E-state index in [1.54, 1.807) is 6.07 Å². The van der Waals surface area contributed by atoms with Crippen LogP contribution in [0.4, 0.5) is 4.39 Å². The van der Waals surface area contributed by atoms with E-state index in [1.807, 2.05) is 0 Å². The van der Waals surface area contributed by atoms with Crippen LogP contribution in [0, 0.1) is 17.7 Å². The molecule has 1 heterocycles. The lowest BCUT2D eigenvalue weighted by Gasteiger charge is -2.22. The first-order chi connectivity index (χ1) is 10.2. The number of rotatable bonds is 3. The minimum Gasteiger partial charge on any atom is -0.376 e. The third-order valence-electron chi connectivity index (χ3n) is 3.32. The Morgan fingerprint density at radius 3 is 3.00 bits per heavy atom. The van der Waals surface area contributed by atoms with E-state index in [9.17, 15) is 9.18 Å². The molecule has 0 radical (unpaired) electrons. The van der Waals surface area contributed by atoms with Crippen LogP contribution >= 0.6 is 0 Å². The summed E-state index contributed by atoms with van der Waals surface area (Å²) in [6.45, 7) is 1.36. The molecule has 0 aromatic heterocycles. The minimum atomic E-state index is -0.516. The standard InChI is InChI=1S/C16H19FN2O2/c17-15-10-13(7-6-12(15)4-3-8-18)16(20)19-11-14-5-1-2-9-21-14/h6-7,10,14H,1-2,5,8-9,11,18H2,(H,19,20). The van der Waals surface area contributed by atoms with Gasteiger partial charge in [-0.05, 0) is 37.5 Å². The first kappa shape index (κ1) is 15.5. The predicted molar refractivity (Wildman–Crippen MR) is 78.3 cm³/mol. The number of benzene rings is 1. The monoisotopic (exact) mass is 290 g/mol. The van der Waals surface area contributed by atoms with Crippen LogP contribution in [0.5, 0.6) is 0 Å². The highest BCUT2D eigenvalue weighted by atomic mass is 19.1. The molecule has 0 saturated carbocycles. The molecule has 5 heteroatoms. The van der Waals surface area contributed by atoms with Crippen molar-refractivity contribution < 1.29 is 13.9 Å². The van der Waals surface area contributed by atoms with Gasteiger partial charge in [0.25, 0.3) is 5.91 Å². The Bertz CT molecular complexity index is 557. The molecule has 2 rings (SSSR count). The van der Waals surface area contributed by atoms with Gasteiger partial charge >= 0.3 is 0 Å². The van der Waals surface area contributed by atoms with E-state index in [-0.39, 0.29) is 29.7 Å². The summed E-state index contributed by atoms with van der Waals surface area (Å²) in [5, 5.41) is 2.77. The van der Waals surface area contributed by atoms with Crippen molar-refractivity contribution in [2.24, 2.45) is 5.73 Å². The lowest BCUT2D eigenvalue weighted by atomic mass is 10.1. The van der Waals surface area contributed by atoms with Gasteiger partial charge in [0.05, 0.1) is 18.2 Å². The van der Waals surface area contributed by atoms with Gasteiger partial charge in [0.2, 0.25) is 0 Å². The second kappa shape index (κ2) is 7.77. The van der Waals surface area contributed by atoms with Gasteiger partial charge in [0.15, 0.2) is 0 Å². The zero-order valence-electron chi connectivity index (χ0n) is 11.8. The number of nitrogens with two attached hydrogens (primary N) is 1. The number of carbonyl (C=O) groups excluding carboxylic acids is 1. The van der Waals surface area contributed by atoms with Gasteiger partial charge < -0.3 is 15.8 Å². The molecule has 0 bridgehead atoms. The summed E-state index contributed by atoms with van der Waals surface area (Å²) in [6.07, 6.45) is 3.19. The van der Waals surface area contributed by atoms with Crippen LogP contribution in [-0.4, -0.2) is 31.7 Å². The average Bonchev–Trinajstić information content (AvgIpc) is 2.52. The van der Waals surface area contributed by atoms with E-state index >= 15 is 0 Å². The quantitative estimate of drug-likeness (QED) is 0.828. The summed E-state index contributed by atoms with van der Waals surface area (Å²) in [7, 11) is 0. The van der Waals surface area contributed by atoms with Crippen molar-refractivity contribution in [2.75, 3.05) is 19.7 Å². The van der Waals surface area contributed by atoms with Crippen molar-refractivity contribution in [3.63, 3.8) is 0 Å². The Kier molecular flexibility index (Phi) is 5.73. The number of hydrogen-bond donors (Lipinski definition) is 2. The molecule has 1 aromatic carbocycles. The minimum absolute atomic E-state index is 0.0576. The van der Waals surface area contributed by atoms with Crippen LogP contribution in [0.1, 0.15) is 35.2 Å². The maximum atomic E-state index is 13.8. The van der Waals surface area contributed by atoms with Crippen molar-refractivity contribution in [2.45, 2.75) is 25.4 Å². The molecular weight excluding hydrogens is 271 g/mol. The van der Waals surface area contributed by atoms with Crippen LogP contribution in [0.3, 0.4) is 0 Å². The van der Waals surface area contributed by atoms with E-state index in [4.69, 9.17) is 10.5 Å². The first-order valence-corrected chi connectivity index (χ1v) is 7.09. The van der Waals surface area contributed by atoms with Crippen LogP contribution in [0.25, 0.3) is 0 Å². The summed E-state index contributed by atoms with van der Waals surface area (Å²) in [5.74, 6) is 4.38. The third kappa shape index (κ3) is 4.55. The number of amides is 1. The summed E-state index contributed by atoms with van der Waals surface area (Å²) >= 11 is 0. The molecule has 112 valence electrons. The van der Waals surface area contributed by atoms with Crippen LogP contribution in [0.15, 0.2) is 18.2 Å². The molecule has 1 fully saturated rings. The van der Waals surface area contributed by atoms with Crippen LogP contribution in [-0.2, 0) is 4.74 Å². The summed E-state index contributed by atoms with van der Waals surface area (Å²) < 4.78 is 19.3. The first-order valence-electron chi connectivity index (χ1n) is 7.09. The average molecular weight is 290 g/mol. The Hall–Kier alpha value is -1.90. The Morgan fingerprint density at radius 2 is 2.33 bits per heavy atom. The Labute approximate surface area is 123 Å². The largest absolute Gasteiger partial charge is 0.376 e. The summed E-state index contributed by atoms with van der Waals surface area (Å²) in [4.78, 5) is 12.0. The highest BCUT2D eigenvalue weighted by Gasteiger charge is 2.15. The molecule has 21 heavy (non-hydrogen) atoms.